The number of benzene rings is 1. The van der Waals surface area contributed by atoms with Gasteiger partial charge in [0.05, 0.1) is 6.54 Å². The molecular weight excluding hydrogens is 344 g/mol. The van der Waals surface area contributed by atoms with Crippen LogP contribution in [-0.4, -0.2) is 35.2 Å². The number of aromatic nitrogens is 1. The smallest absolute Gasteiger partial charge is 0.355 e. The lowest BCUT2D eigenvalue weighted by Crippen LogP contribution is -2.24. The third kappa shape index (κ3) is 3.30. The summed E-state index contributed by atoms with van der Waals surface area (Å²) in [6, 6.07) is 5.82. The van der Waals surface area contributed by atoms with Gasteiger partial charge in [0.1, 0.15) is 18.2 Å². The molecule has 1 fully saturated rings. The zero-order valence-electron chi connectivity index (χ0n) is 13.2. The molecule has 2 aromatic rings. The van der Waals surface area contributed by atoms with E-state index in [0.717, 1.165) is 23.5 Å². The fraction of sp³-hybridized carbons (Fsp3) is 0.353. The molecule has 0 unspecified atom stereocenters. The van der Waals surface area contributed by atoms with E-state index in [2.05, 4.69) is 10.3 Å². The van der Waals surface area contributed by atoms with Gasteiger partial charge in [-0.1, -0.05) is 6.07 Å². The number of hydrogen-bond donors (Lipinski definition) is 2. The zero-order valence-corrected chi connectivity index (χ0v) is 14.0. The molecule has 1 amide bonds. The van der Waals surface area contributed by atoms with Crippen molar-refractivity contribution in [2.24, 2.45) is 5.92 Å². The summed E-state index contributed by atoms with van der Waals surface area (Å²) in [6.07, 6.45) is 0.795. The SMILES string of the molecule is O=C(O)c1csc(CNC(=O)[C@@H]2C[C@H]2c2ccc3c(c2)OCCO3)n1. The van der Waals surface area contributed by atoms with E-state index in [4.69, 9.17) is 14.6 Å². The van der Waals surface area contributed by atoms with Gasteiger partial charge in [-0.3, -0.25) is 4.79 Å². The monoisotopic (exact) mass is 360 g/mol. The maximum atomic E-state index is 12.3. The highest BCUT2D eigenvalue weighted by molar-refractivity contribution is 7.09. The average molecular weight is 360 g/mol. The number of fused-ring (bicyclic) bond motifs is 1. The van der Waals surface area contributed by atoms with Crippen LogP contribution in [0, 0.1) is 5.92 Å². The van der Waals surface area contributed by atoms with Gasteiger partial charge < -0.3 is 19.9 Å². The summed E-state index contributed by atoms with van der Waals surface area (Å²) in [4.78, 5) is 27.1. The van der Waals surface area contributed by atoms with E-state index < -0.39 is 5.97 Å². The molecule has 0 bridgehead atoms. The first-order chi connectivity index (χ1) is 12.1. The number of hydrogen-bond acceptors (Lipinski definition) is 6. The van der Waals surface area contributed by atoms with E-state index in [1.807, 2.05) is 18.2 Å². The van der Waals surface area contributed by atoms with Crippen molar-refractivity contribution in [1.29, 1.82) is 0 Å². The van der Waals surface area contributed by atoms with Gasteiger partial charge in [-0.05, 0) is 30.0 Å². The Bertz CT molecular complexity index is 834. The molecule has 8 heteroatoms. The number of rotatable bonds is 5. The Labute approximate surface area is 147 Å². The second-order valence-corrected chi connectivity index (χ2v) is 6.94. The van der Waals surface area contributed by atoms with Gasteiger partial charge in [0.15, 0.2) is 17.2 Å². The highest BCUT2D eigenvalue weighted by atomic mass is 32.1. The molecule has 0 radical (unpaired) electrons. The van der Waals surface area contributed by atoms with Crippen molar-refractivity contribution in [1.82, 2.24) is 10.3 Å². The molecule has 4 rings (SSSR count). The van der Waals surface area contributed by atoms with Gasteiger partial charge >= 0.3 is 5.97 Å². The molecule has 7 nitrogen and oxygen atoms in total. The molecule has 2 N–H and O–H groups in total. The van der Waals surface area contributed by atoms with Gasteiger partial charge in [-0.25, -0.2) is 9.78 Å². The fourth-order valence-corrected chi connectivity index (χ4v) is 3.64. The molecule has 2 aliphatic rings. The van der Waals surface area contributed by atoms with E-state index in [-0.39, 0.29) is 30.0 Å². The van der Waals surface area contributed by atoms with Gasteiger partial charge in [-0.15, -0.1) is 11.3 Å². The van der Waals surface area contributed by atoms with Crippen LogP contribution < -0.4 is 14.8 Å². The maximum Gasteiger partial charge on any atom is 0.355 e. The van der Waals surface area contributed by atoms with Crippen LogP contribution in [0.1, 0.15) is 33.4 Å². The number of nitrogens with one attached hydrogen (secondary N) is 1. The van der Waals surface area contributed by atoms with E-state index >= 15 is 0 Å². The summed E-state index contributed by atoms with van der Waals surface area (Å²) >= 11 is 1.23. The first kappa shape index (κ1) is 15.9. The fourth-order valence-electron chi connectivity index (χ4n) is 2.93. The number of nitrogens with zero attached hydrogens (tertiary/aromatic N) is 1. The van der Waals surface area contributed by atoms with Crippen molar-refractivity contribution in [2.75, 3.05) is 13.2 Å². The molecule has 1 aromatic carbocycles. The summed E-state index contributed by atoms with van der Waals surface area (Å²) in [5, 5.41) is 13.7. The van der Waals surface area contributed by atoms with Gasteiger partial charge in [0.25, 0.3) is 0 Å². The molecule has 130 valence electrons. The topological polar surface area (TPSA) is 97.8 Å². The van der Waals surface area contributed by atoms with Crippen LogP contribution in [0.15, 0.2) is 23.6 Å². The lowest BCUT2D eigenvalue weighted by atomic mass is 10.1. The van der Waals surface area contributed by atoms with Gasteiger partial charge in [0, 0.05) is 11.3 Å². The van der Waals surface area contributed by atoms with E-state index in [9.17, 15) is 9.59 Å². The van der Waals surface area contributed by atoms with Crippen LogP contribution in [0.25, 0.3) is 0 Å². The lowest BCUT2D eigenvalue weighted by Gasteiger charge is -2.18. The molecule has 25 heavy (non-hydrogen) atoms. The molecule has 1 aliphatic carbocycles. The Hall–Kier alpha value is -2.61. The van der Waals surface area contributed by atoms with Crippen molar-refractivity contribution in [3.63, 3.8) is 0 Å². The highest BCUT2D eigenvalue weighted by Crippen LogP contribution is 2.49. The van der Waals surface area contributed by atoms with Crippen LogP contribution in [-0.2, 0) is 11.3 Å². The van der Waals surface area contributed by atoms with Crippen LogP contribution in [0.3, 0.4) is 0 Å². The number of carboxylic acids is 1. The second kappa shape index (κ2) is 6.36. The summed E-state index contributed by atoms with van der Waals surface area (Å²) in [7, 11) is 0. The predicted molar refractivity (Wildman–Crippen MR) is 89.2 cm³/mol. The Morgan fingerprint density at radius 2 is 2.08 bits per heavy atom. The first-order valence-electron chi connectivity index (χ1n) is 7.97. The van der Waals surface area contributed by atoms with Crippen molar-refractivity contribution >= 4 is 23.2 Å². The number of carboxylic acid groups (broad SMARTS) is 1. The number of carbonyl (C=O) groups excluding carboxylic acids is 1. The number of amides is 1. The molecule has 1 saturated carbocycles. The van der Waals surface area contributed by atoms with Crippen LogP contribution in [0.4, 0.5) is 0 Å². The molecular formula is C17H16N2O5S. The molecule has 2 heterocycles. The Morgan fingerprint density at radius 1 is 1.28 bits per heavy atom. The van der Waals surface area contributed by atoms with E-state index in [0.29, 0.717) is 18.2 Å². The van der Waals surface area contributed by atoms with Crippen molar-refractivity contribution in [3.05, 3.63) is 39.8 Å². The van der Waals surface area contributed by atoms with Gasteiger partial charge in [0.2, 0.25) is 5.91 Å². The van der Waals surface area contributed by atoms with E-state index in [1.165, 1.54) is 16.7 Å². The minimum absolute atomic E-state index is 0.00910. The third-order valence-corrected chi connectivity index (χ3v) is 5.16. The van der Waals surface area contributed by atoms with Gasteiger partial charge in [-0.2, -0.15) is 0 Å². The predicted octanol–water partition coefficient (Wildman–Crippen LogP) is 2.03. The normalized spacial score (nSPS) is 20.8. The molecule has 2 atom stereocenters. The second-order valence-electron chi connectivity index (χ2n) is 6.00. The maximum absolute atomic E-state index is 12.3. The van der Waals surface area contributed by atoms with Crippen molar-refractivity contribution in [2.45, 2.75) is 18.9 Å². The molecule has 0 saturated heterocycles. The van der Waals surface area contributed by atoms with Crippen LogP contribution in [0.5, 0.6) is 11.5 Å². The Balaban J connectivity index is 1.34. The number of carbonyl (C=O) groups is 2. The first-order valence-corrected chi connectivity index (χ1v) is 8.85. The summed E-state index contributed by atoms with van der Waals surface area (Å²) < 4.78 is 11.1. The standard InChI is InChI=1S/C17H16N2O5S/c20-16(18-7-15-19-12(8-25-15)17(21)22)11-6-10(11)9-1-2-13-14(5-9)24-4-3-23-13/h1-2,5,8,10-11H,3-4,6-7H2,(H,18,20)(H,21,22)/t10-,11+/m0/s1. The summed E-state index contributed by atoms with van der Waals surface area (Å²) in [5.74, 6) is 0.498. The Kier molecular flexibility index (Phi) is 4.04. The van der Waals surface area contributed by atoms with Crippen molar-refractivity contribution in [3.8, 4) is 11.5 Å². The number of ether oxygens (including phenoxy) is 2. The van der Waals surface area contributed by atoms with E-state index in [1.54, 1.807) is 0 Å². The highest BCUT2D eigenvalue weighted by Gasteiger charge is 2.44. The Morgan fingerprint density at radius 3 is 2.84 bits per heavy atom. The minimum atomic E-state index is -1.06. The van der Waals surface area contributed by atoms with Crippen LogP contribution >= 0.6 is 11.3 Å². The largest absolute Gasteiger partial charge is 0.486 e. The third-order valence-electron chi connectivity index (χ3n) is 4.31. The molecule has 1 aliphatic heterocycles. The number of aromatic carboxylic acids is 1. The average Bonchev–Trinajstić information content (AvgIpc) is 3.28. The quantitative estimate of drug-likeness (QED) is 0.847. The summed E-state index contributed by atoms with van der Waals surface area (Å²) in [6.45, 7) is 1.35. The van der Waals surface area contributed by atoms with Crippen molar-refractivity contribution < 1.29 is 24.2 Å². The minimum Gasteiger partial charge on any atom is -0.486 e. The zero-order chi connectivity index (χ0) is 17.4. The molecule has 0 spiro atoms. The molecule has 1 aromatic heterocycles. The number of thiazole rings is 1. The lowest BCUT2D eigenvalue weighted by molar-refractivity contribution is -0.122. The summed E-state index contributed by atoms with van der Waals surface area (Å²) in [5.41, 5.74) is 1.08. The van der Waals surface area contributed by atoms with Crippen LogP contribution in [0.2, 0.25) is 0 Å².